The Balaban J connectivity index is 3.13. The van der Waals surface area contributed by atoms with Crippen molar-refractivity contribution in [2.45, 2.75) is 75.5 Å². The fraction of sp³-hybridized carbons (Fsp3) is 0.538. The zero-order valence-corrected chi connectivity index (χ0v) is 23.0. The number of rotatable bonds is 20. The number of carboxylic acids is 2. The molecule has 13 N–H and O–H groups in total. The monoisotopic (exact) mass is 578 g/mol. The van der Waals surface area contributed by atoms with Gasteiger partial charge in [-0.15, -0.1) is 0 Å². The Labute approximate surface area is 238 Å². The van der Waals surface area contributed by atoms with Crippen LogP contribution in [0.15, 0.2) is 35.3 Å². The standard InChI is InChI=1S/C26H42N8O7/c27-13-5-4-9-19(25(40)41)33-23(38)18(10-6-14-31-26(29)30)32-24(39)20(15-16-7-2-1-3-8-16)34-22(37)17(28)11-12-21(35)36/h1-3,7-8,17-20H,4-6,9-15,27-28H2,(H,32,39)(H,33,38)(H,34,37)(H,35,36)(H,40,41)(H4,29,30,31). The number of guanidine groups is 1. The van der Waals surface area contributed by atoms with E-state index in [4.69, 9.17) is 28.0 Å². The number of aliphatic carboxylic acids is 2. The Kier molecular flexibility index (Phi) is 16.1. The first-order chi connectivity index (χ1) is 19.4. The van der Waals surface area contributed by atoms with Crippen molar-refractivity contribution in [1.29, 1.82) is 0 Å². The molecule has 0 aromatic heterocycles. The van der Waals surface area contributed by atoms with Gasteiger partial charge < -0.3 is 49.1 Å². The highest BCUT2D eigenvalue weighted by molar-refractivity contribution is 5.94. The van der Waals surface area contributed by atoms with Crippen LogP contribution in [0.5, 0.6) is 0 Å². The van der Waals surface area contributed by atoms with E-state index in [-0.39, 0.29) is 51.0 Å². The molecule has 41 heavy (non-hydrogen) atoms. The average Bonchev–Trinajstić information content (AvgIpc) is 2.92. The zero-order valence-electron chi connectivity index (χ0n) is 23.0. The molecule has 0 heterocycles. The second-order valence-corrected chi connectivity index (χ2v) is 9.48. The molecule has 0 aliphatic carbocycles. The molecule has 15 heteroatoms. The molecule has 4 unspecified atom stereocenters. The first-order valence-corrected chi connectivity index (χ1v) is 13.3. The Bertz CT molecular complexity index is 1030. The van der Waals surface area contributed by atoms with Gasteiger partial charge in [0, 0.05) is 19.4 Å². The Morgan fingerprint density at radius 3 is 1.95 bits per heavy atom. The molecule has 1 rings (SSSR count). The van der Waals surface area contributed by atoms with Crippen LogP contribution >= 0.6 is 0 Å². The van der Waals surface area contributed by atoms with Crippen molar-refractivity contribution in [1.82, 2.24) is 16.0 Å². The minimum Gasteiger partial charge on any atom is -0.481 e. The Hall–Kier alpha value is -4.24. The number of carbonyl (C=O) groups is 5. The van der Waals surface area contributed by atoms with Gasteiger partial charge in [-0.05, 0) is 50.6 Å². The largest absolute Gasteiger partial charge is 0.481 e. The maximum absolute atomic E-state index is 13.4. The first-order valence-electron chi connectivity index (χ1n) is 13.3. The lowest BCUT2D eigenvalue weighted by molar-refractivity contribution is -0.142. The second-order valence-electron chi connectivity index (χ2n) is 9.48. The number of hydrogen-bond donors (Lipinski definition) is 9. The van der Waals surface area contributed by atoms with E-state index in [1.165, 1.54) is 0 Å². The fourth-order valence-electron chi connectivity index (χ4n) is 3.82. The summed E-state index contributed by atoms with van der Waals surface area (Å²) in [7, 11) is 0. The third kappa shape index (κ3) is 14.6. The highest BCUT2D eigenvalue weighted by atomic mass is 16.4. The summed E-state index contributed by atoms with van der Waals surface area (Å²) in [4.78, 5) is 65.7. The Morgan fingerprint density at radius 1 is 0.780 bits per heavy atom. The summed E-state index contributed by atoms with van der Waals surface area (Å²) < 4.78 is 0. The number of carboxylic acid groups (broad SMARTS) is 2. The van der Waals surface area contributed by atoms with E-state index in [1.807, 2.05) is 0 Å². The molecule has 1 aromatic carbocycles. The number of nitrogens with two attached hydrogens (primary N) is 4. The summed E-state index contributed by atoms with van der Waals surface area (Å²) in [6.07, 6.45) is 1.10. The predicted octanol–water partition coefficient (Wildman–Crippen LogP) is -1.86. The van der Waals surface area contributed by atoms with Gasteiger partial charge in [0.15, 0.2) is 5.96 Å². The van der Waals surface area contributed by atoms with Gasteiger partial charge in [-0.25, -0.2) is 4.79 Å². The molecule has 4 atom stereocenters. The molecule has 0 fully saturated rings. The highest BCUT2D eigenvalue weighted by Gasteiger charge is 2.30. The molecular formula is C26H42N8O7. The molecule has 0 aliphatic heterocycles. The van der Waals surface area contributed by atoms with Crippen LogP contribution in [0.2, 0.25) is 0 Å². The van der Waals surface area contributed by atoms with Gasteiger partial charge in [-0.3, -0.25) is 24.2 Å². The summed E-state index contributed by atoms with van der Waals surface area (Å²) in [5, 5.41) is 26.1. The van der Waals surface area contributed by atoms with E-state index < -0.39 is 53.8 Å². The number of nitrogens with zero attached hydrogens (tertiary/aromatic N) is 1. The Morgan fingerprint density at radius 2 is 1.37 bits per heavy atom. The molecule has 0 saturated carbocycles. The molecule has 1 aromatic rings. The van der Waals surface area contributed by atoms with Crippen molar-refractivity contribution in [2.75, 3.05) is 13.1 Å². The summed E-state index contributed by atoms with van der Waals surface area (Å²) in [5.74, 6) is -4.68. The van der Waals surface area contributed by atoms with Gasteiger partial charge >= 0.3 is 11.9 Å². The van der Waals surface area contributed by atoms with Crippen LogP contribution in [-0.4, -0.2) is 83.1 Å². The number of amides is 3. The fourth-order valence-corrected chi connectivity index (χ4v) is 3.82. The minimum absolute atomic E-state index is 0.0449. The number of hydrogen-bond acceptors (Lipinski definition) is 8. The summed E-state index contributed by atoms with van der Waals surface area (Å²) in [6, 6.07) is 4.05. The van der Waals surface area contributed by atoms with Crippen LogP contribution in [0.1, 0.15) is 50.5 Å². The van der Waals surface area contributed by atoms with Crippen LogP contribution in [0, 0.1) is 0 Å². The lowest BCUT2D eigenvalue weighted by Crippen LogP contribution is -2.57. The second kappa shape index (κ2) is 18.9. The molecule has 0 aliphatic rings. The van der Waals surface area contributed by atoms with Crippen LogP contribution < -0.4 is 38.9 Å². The predicted molar refractivity (Wildman–Crippen MR) is 151 cm³/mol. The van der Waals surface area contributed by atoms with Crippen molar-refractivity contribution in [3.8, 4) is 0 Å². The van der Waals surface area contributed by atoms with Crippen molar-refractivity contribution in [3.05, 3.63) is 35.9 Å². The van der Waals surface area contributed by atoms with Gasteiger partial charge in [0.25, 0.3) is 0 Å². The van der Waals surface area contributed by atoms with E-state index >= 15 is 0 Å². The van der Waals surface area contributed by atoms with Crippen molar-refractivity contribution >= 4 is 35.6 Å². The number of benzene rings is 1. The summed E-state index contributed by atoms with van der Waals surface area (Å²) in [6.45, 7) is 0.529. The SMILES string of the molecule is NCCCCC(NC(=O)C(CCCN=C(N)N)NC(=O)C(Cc1ccccc1)NC(=O)C(N)CCC(=O)O)C(=O)O. The topological polar surface area (TPSA) is 278 Å². The number of unbranched alkanes of at least 4 members (excludes halogenated alkanes) is 1. The maximum Gasteiger partial charge on any atom is 0.326 e. The molecular weight excluding hydrogens is 536 g/mol. The van der Waals surface area contributed by atoms with E-state index in [1.54, 1.807) is 30.3 Å². The summed E-state index contributed by atoms with van der Waals surface area (Å²) >= 11 is 0. The molecule has 0 spiro atoms. The van der Waals surface area contributed by atoms with Crippen molar-refractivity contribution in [2.24, 2.45) is 27.9 Å². The van der Waals surface area contributed by atoms with Gasteiger partial charge in [0.05, 0.1) is 6.04 Å². The molecule has 3 amide bonds. The third-order valence-electron chi connectivity index (χ3n) is 6.06. The van der Waals surface area contributed by atoms with E-state index in [9.17, 15) is 29.1 Å². The molecule has 0 bridgehead atoms. The van der Waals surface area contributed by atoms with Crippen LogP contribution in [0.4, 0.5) is 0 Å². The molecule has 228 valence electrons. The lowest BCUT2D eigenvalue weighted by atomic mass is 10.0. The van der Waals surface area contributed by atoms with Gasteiger partial charge in [0.2, 0.25) is 17.7 Å². The number of aliphatic imine (C=N–C) groups is 1. The minimum atomic E-state index is -1.23. The lowest BCUT2D eigenvalue weighted by Gasteiger charge is -2.25. The highest BCUT2D eigenvalue weighted by Crippen LogP contribution is 2.08. The smallest absolute Gasteiger partial charge is 0.326 e. The number of nitrogens with one attached hydrogen (secondary N) is 3. The first kappa shape index (κ1) is 34.8. The average molecular weight is 579 g/mol. The maximum atomic E-state index is 13.4. The molecule has 0 saturated heterocycles. The van der Waals surface area contributed by atoms with Crippen LogP contribution in [-0.2, 0) is 30.4 Å². The van der Waals surface area contributed by atoms with Crippen LogP contribution in [0.25, 0.3) is 0 Å². The van der Waals surface area contributed by atoms with Crippen molar-refractivity contribution in [3.63, 3.8) is 0 Å². The quantitative estimate of drug-likeness (QED) is 0.0470. The van der Waals surface area contributed by atoms with Crippen molar-refractivity contribution < 1.29 is 34.2 Å². The van der Waals surface area contributed by atoms with Gasteiger partial charge in [-0.1, -0.05) is 30.3 Å². The van der Waals surface area contributed by atoms with Gasteiger partial charge in [0.1, 0.15) is 18.1 Å². The van der Waals surface area contributed by atoms with E-state index in [0.717, 1.165) is 0 Å². The molecule has 0 radical (unpaired) electrons. The number of carbonyl (C=O) groups excluding carboxylic acids is 3. The van der Waals surface area contributed by atoms with E-state index in [2.05, 4.69) is 20.9 Å². The zero-order chi connectivity index (χ0) is 30.8. The third-order valence-corrected chi connectivity index (χ3v) is 6.06. The van der Waals surface area contributed by atoms with Gasteiger partial charge in [-0.2, -0.15) is 0 Å². The summed E-state index contributed by atoms with van der Waals surface area (Å²) in [5.41, 5.74) is 22.7. The molecule has 15 nitrogen and oxygen atoms in total. The van der Waals surface area contributed by atoms with E-state index in [0.29, 0.717) is 24.9 Å². The normalized spacial score (nSPS) is 13.6. The van der Waals surface area contributed by atoms with Crippen LogP contribution in [0.3, 0.4) is 0 Å².